The van der Waals surface area contributed by atoms with Gasteiger partial charge in [-0.05, 0) is 19.7 Å². The van der Waals surface area contributed by atoms with Crippen molar-refractivity contribution >= 4 is 21.6 Å². The molecule has 18 heavy (non-hydrogen) atoms. The van der Waals surface area contributed by atoms with Crippen LogP contribution in [0.2, 0.25) is 0 Å². The molecule has 0 spiro atoms. The van der Waals surface area contributed by atoms with Gasteiger partial charge in [0.05, 0.1) is 0 Å². The summed E-state index contributed by atoms with van der Waals surface area (Å²) in [6, 6.07) is 9.52. The minimum Gasteiger partial charge on any atom is -0.308 e. The molecule has 1 aromatic rings. The first kappa shape index (κ1) is 15.4. The van der Waals surface area contributed by atoms with E-state index < -0.39 is 10.0 Å². The zero-order valence-corrected chi connectivity index (χ0v) is 12.3. The molecule has 0 N–H and O–H groups in total. The van der Waals surface area contributed by atoms with Gasteiger partial charge in [0.1, 0.15) is 5.21 Å². The SMILES string of the molecule is CN(C)CCN(Cc1ccccc1)S(=O)(=O)CCl. The van der Waals surface area contributed by atoms with Gasteiger partial charge in [-0.25, -0.2) is 8.42 Å². The fourth-order valence-corrected chi connectivity index (χ4v) is 2.74. The van der Waals surface area contributed by atoms with Crippen molar-refractivity contribution in [2.75, 3.05) is 32.4 Å². The summed E-state index contributed by atoms with van der Waals surface area (Å²) in [4.78, 5) is 1.95. The summed E-state index contributed by atoms with van der Waals surface area (Å²) in [6.45, 7) is 1.48. The summed E-state index contributed by atoms with van der Waals surface area (Å²) < 4.78 is 25.2. The van der Waals surface area contributed by atoms with Gasteiger partial charge in [0.25, 0.3) is 0 Å². The van der Waals surface area contributed by atoms with Crippen molar-refractivity contribution in [3.8, 4) is 0 Å². The van der Waals surface area contributed by atoms with Crippen molar-refractivity contribution in [1.29, 1.82) is 0 Å². The highest BCUT2D eigenvalue weighted by molar-refractivity contribution is 7.90. The minimum atomic E-state index is -3.38. The summed E-state index contributed by atoms with van der Waals surface area (Å²) >= 11 is 5.53. The van der Waals surface area contributed by atoms with Crippen LogP contribution in [0, 0.1) is 0 Å². The largest absolute Gasteiger partial charge is 0.308 e. The van der Waals surface area contributed by atoms with E-state index in [0.29, 0.717) is 19.6 Å². The van der Waals surface area contributed by atoms with Crippen LogP contribution in [0.3, 0.4) is 0 Å². The third-order valence-corrected chi connectivity index (χ3v) is 4.73. The van der Waals surface area contributed by atoms with Gasteiger partial charge in [0.2, 0.25) is 10.0 Å². The van der Waals surface area contributed by atoms with Gasteiger partial charge in [-0.1, -0.05) is 30.3 Å². The number of halogens is 1. The molecule has 4 nitrogen and oxygen atoms in total. The Hall–Kier alpha value is -0.620. The van der Waals surface area contributed by atoms with E-state index in [4.69, 9.17) is 11.6 Å². The molecular formula is C12H19ClN2O2S. The van der Waals surface area contributed by atoms with Crippen LogP contribution < -0.4 is 0 Å². The summed E-state index contributed by atoms with van der Waals surface area (Å²) in [5.74, 6) is 0. The molecule has 6 heteroatoms. The molecular weight excluding hydrogens is 272 g/mol. The van der Waals surface area contributed by atoms with Crippen molar-refractivity contribution in [3.05, 3.63) is 35.9 Å². The van der Waals surface area contributed by atoms with E-state index in [1.807, 2.05) is 49.3 Å². The molecule has 0 aliphatic heterocycles. The Morgan fingerprint density at radius 2 is 1.72 bits per heavy atom. The van der Waals surface area contributed by atoms with Gasteiger partial charge in [0, 0.05) is 19.6 Å². The Bertz CT molecular complexity index is 448. The second-order valence-electron chi connectivity index (χ2n) is 4.34. The standard InChI is InChI=1S/C12H19ClN2O2S/c1-14(2)8-9-15(18(16,17)11-13)10-12-6-4-3-5-7-12/h3-7H,8-11H2,1-2H3. The van der Waals surface area contributed by atoms with Gasteiger partial charge in [-0.15, -0.1) is 11.6 Å². The average molecular weight is 291 g/mol. The molecule has 0 fully saturated rings. The Morgan fingerprint density at radius 1 is 1.11 bits per heavy atom. The fraction of sp³-hybridized carbons (Fsp3) is 0.500. The van der Waals surface area contributed by atoms with E-state index in [-0.39, 0.29) is 5.21 Å². The number of likely N-dealkylation sites (N-methyl/N-ethyl adjacent to an activating group) is 1. The second-order valence-corrected chi connectivity index (χ2v) is 6.90. The molecule has 1 rings (SSSR count). The minimum absolute atomic E-state index is 0.365. The van der Waals surface area contributed by atoms with Crippen molar-refractivity contribution in [2.45, 2.75) is 6.54 Å². The van der Waals surface area contributed by atoms with Crippen molar-refractivity contribution in [1.82, 2.24) is 9.21 Å². The number of rotatable bonds is 7. The topological polar surface area (TPSA) is 40.6 Å². The van der Waals surface area contributed by atoms with Crippen LogP contribution in [-0.2, 0) is 16.6 Å². The first-order chi connectivity index (χ1) is 8.45. The quantitative estimate of drug-likeness (QED) is 0.716. The number of nitrogens with zero attached hydrogens (tertiary/aromatic N) is 2. The van der Waals surface area contributed by atoms with Crippen LogP contribution in [0.15, 0.2) is 30.3 Å². The van der Waals surface area contributed by atoms with Gasteiger partial charge in [-0.3, -0.25) is 0 Å². The van der Waals surface area contributed by atoms with E-state index >= 15 is 0 Å². The second kappa shape index (κ2) is 7.09. The predicted molar refractivity (Wildman–Crippen MR) is 75.0 cm³/mol. The van der Waals surface area contributed by atoms with Crippen molar-refractivity contribution in [3.63, 3.8) is 0 Å². The molecule has 0 atom stereocenters. The highest BCUT2D eigenvalue weighted by Crippen LogP contribution is 2.10. The van der Waals surface area contributed by atoms with Crippen LogP contribution in [-0.4, -0.2) is 50.0 Å². The number of alkyl halides is 1. The lowest BCUT2D eigenvalue weighted by Crippen LogP contribution is -2.36. The summed E-state index contributed by atoms with van der Waals surface area (Å²) in [5.41, 5.74) is 0.963. The molecule has 0 bridgehead atoms. The zero-order chi connectivity index (χ0) is 13.6. The molecule has 1 aromatic carbocycles. The lowest BCUT2D eigenvalue weighted by molar-refractivity contribution is 0.330. The number of hydrogen-bond acceptors (Lipinski definition) is 3. The normalized spacial score (nSPS) is 12.3. The van der Waals surface area contributed by atoms with Crippen LogP contribution >= 0.6 is 11.6 Å². The smallest absolute Gasteiger partial charge is 0.228 e. The molecule has 0 radical (unpaired) electrons. The van der Waals surface area contributed by atoms with Crippen molar-refractivity contribution < 1.29 is 8.42 Å². The zero-order valence-electron chi connectivity index (χ0n) is 10.7. The molecule has 0 saturated heterocycles. The van der Waals surface area contributed by atoms with Crippen LogP contribution in [0.5, 0.6) is 0 Å². The molecule has 0 amide bonds. The molecule has 0 aliphatic rings. The van der Waals surface area contributed by atoms with Gasteiger partial charge in [0.15, 0.2) is 0 Å². The first-order valence-electron chi connectivity index (χ1n) is 5.68. The maximum absolute atomic E-state index is 11.9. The molecule has 0 aliphatic carbocycles. The molecule has 0 unspecified atom stereocenters. The van der Waals surface area contributed by atoms with Crippen LogP contribution in [0.1, 0.15) is 5.56 Å². The Kier molecular flexibility index (Phi) is 6.08. The lowest BCUT2D eigenvalue weighted by Gasteiger charge is -2.22. The molecule has 0 aromatic heterocycles. The fourth-order valence-electron chi connectivity index (χ4n) is 1.48. The predicted octanol–water partition coefficient (Wildman–Crippen LogP) is 1.58. The van der Waals surface area contributed by atoms with Gasteiger partial charge >= 0.3 is 0 Å². The molecule has 102 valence electrons. The highest BCUT2D eigenvalue weighted by atomic mass is 35.5. The highest BCUT2D eigenvalue weighted by Gasteiger charge is 2.20. The van der Waals surface area contributed by atoms with Crippen LogP contribution in [0.25, 0.3) is 0 Å². The molecule has 0 saturated carbocycles. The van der Waals surface area contributed by atoms with E-state index in [0.717, 1.165) is 5.56 Å². The third-order valence-electron chi connectivity index (χ3n) is 2.53. The van der Waals surface area contributed by atoms with E-state index in [2.05, 4.69) is 0 Å². The lowest BCUT2D eigenvalue weighted by atomic mass is 10.2. The monoisotopic (exact) mass is 290 g/mol. The Labute approximate surface area is 114 Å². The summed E-state index contributed by atoms with van der Waals surface area (Å²) in [7, 11) is 0.439. The van der Waals surface area contributed by atoms with E-state index in [1.54, 1.807) is 0 Å². The number of benzene rings is 1. The Balaban J connectivity index is 2.78. The van der Waals surface area contributed by atoms with Gasteiger partial charge in [-0.2, -0.15) is 4.31 Å². The third kappa shape index (κ3) is 4.94. The van der Waals surface area contributed by atoms with Gasteiger partial charge < -0.3 is 4.90 Å². The Morgan fingerprint density at radius 3 is 2.22 bits per heavy atom. The van der Waals surface area contributed by atoms with E-state index in [9.17, 15) is 8.42 Å². The van der Waals surface area contributed by atoms with Crippen molar-refractivity contribution in [2.24, 2.45) is 0 Å². The average Bonchev–Trinajstić information content (AvgIpc) is 2.35. The maximum atomic E-state index is 11.9. The maximum Gasteiger partial charge on any atom is 0.228 e. The number of sulfonamides is 1. The summed E-state index contributed by atoms with van der Waals surface area (Å²) in [6.07, 6.45) is 0. The first-order valence-corrected chi connectivity index (χ1v) is 7.82. The van der Waals surface area contributed by atoms with Crippen LogP contribution in [0.4, 0.5) is 0 Å². The molecule has 0 heterocycles. The summed E-state index contributed by atoms with van der Waals surface area (Å²) in [5, 5.41) is -0.382. The number of hydrogen-bond donors (Lipinski definition) is 0. The van der Waals surface area contributed by atoms with E-state index in [1.165, 1.54) is 4.31 Å².